The standard InChI is InChI=1S/C12H14BrNO3/c1-3-14(7-11(15)16)12(17)9-5-4-8(2)6-10(9)13/h4-6H,3,7H2,1-2H3,(H,15,16). The number of likely N-dealkylation sites (N-methyl/N-ethyl adjacent to an activating group) is 1. The van der Waals surface area contributed by atoms with Crippen molar-refractivity contribution in [3.8, 4) is 0 Å². The Morgan fingerprint density at radius 3 is 2.53 bits per heavy atom. The first-order chi connectivity index (χ1) is 7.95. The third-order valence-electron chi connectivity index (χ3n) is 2.35. The van der Waals surface area contributed by atoms with Crippen LogP contribution in [-0.2, 0) is 4.79 Å². The normalized spacial score (nSPS) is 10.1. The van der Waals surface area contributed by atoms with Crippen LogP contribution in [0.3, 0.4) is 0 Å². The molecule has 0 fully saturated rings. The number of carbonyl (C=O) groups excluding carboxylic acids is 1. The molecule has 1 amide bonds. The van der Waals surface area contributed by atoms with Crippen molar-refractivity contribution in [1.29, 1.82) is 0 Å². The van der Waals surface area contributed by atoms with E-state index in [0.717, 1.165) is 5.56 Å². The minimum Gasteiger partial charge on any atom is -0.480 e. The summed E-state index contributed by atoms with van der Waals surface area (Å²) in [4.78, 5) is 24.0. The Bertz CT molecular complexity index is 445. The fourth-order valence-electron chi connectivity index (χ4n) is 1.45. The molecule has 1 rings (SSSR count). The Balaban J connectivity index is 2.97. The Labute approximate surface area is 108 Å². The van der Waals surface area contributed by atoms with E-state index in [1.165, 1.54) is 4.90 Å². The van der Waals surface area contributed by atoms with E-state index in [9.17, 15) is 9.59 Å². The largest absolute Gasteiger partial charge is 0.480 e. The number of amides is 1. The maximum Gasteiger partial charge on any atom is 0.323 e. The zero-order valence-electron chi connectivity index (χ0n) is 9.74. The zero-order valence-corrected chi connectivity index (χ0v) is 11.3. The van der Waals surface area contributed by atoms with E-state index in [-0.39, 0.29) is 12.5 Å². The van der Waals surface area contributed by atoms with Crippen LogP contribution in [0, 0.1) is 6.92 Å². The number of aliphatic carboxylic acids is 1. The van der Waals surface area contributed by atoms with Gasteiger partial charge in [-0.25, -0.2) is 0 Å². The molecular formula is C12H14BrNO3. The molecule has 0 atom stereocenters. The monoisotopic (exact) mass is 299 g/mol. The quantitative estimate of drug-likeness (QED) is 0.928. The summed E-state index contributed by atoms with van der Waals surface area (Å²) in [6.07, 6.45) is 0. The number of halogens is 1. The highest BCUT2D eigenvalue weighted by Gasteiger charge is 2.18. The van der Waals surface area contributed by atoms with Gasteiger partial charge in [0.1, 0.15) is 6.54 Å². The molecule has 0 unspecified atom stereocenters. The molecule has 0 aliphatic carbocycles. The second-order valence-corrected chi connectivity index (χ2v) is 4.55. The summed E-state index contributed by atoms with van der Waals surface area (Å²) in [5, 5.41) is 8.72. The van der Waals surface area contributed by atoms with Crippen molar-refractivity contribution < 1.29 is 14.7 Å². The highest BCUT2D eigenvalue weighted by Crippen LogP contribution is 2.20. The lowest BCUT2D eigenvalue weighted by Crippen LogP contribution is -2.35. The Kier molecular flexibility index (Phi) is 4.69. The predicted molar refractivity (Wildman–Crippen MR) is 68.1 cm³/mol. The summed E-state index contributed by atoms with van der Waals surface area (Å²) in [5.74, 6) is -1.29. The van der Waals surface area contributed by atoms with Crippen LogP contribution < -0.4 is 0 Å². The summed E-state index contributed by atoms with van der Waals surface area (Å²) in [6, 6.07) is 5.36. The van der Waals surface area contributed by atoms with Crippen LogP contribution >= 0.6 is 15.9 Å². The van der Waals surface area contributed by atoms with Gasteiger partial charge in [-0.15, -0.1) is 0 Å². The smallest absolute Gasteiger partial charge is 0.323 e. The fraction of sp³-hybridized carbons (Fsp3) is 0.333. The maximum atomic E-state index is 12.1. The Hall–Kier alpha value is -1.36. The van der Waals surface area contributed by atoms with Crippen molar-refractivity contribution in [1.82, 2.24) is 4.90 Å². The summed E-state index contributed by atoms with van der Waals surface area (Å²) >= 11 is 3.32. The van der Waals surface area contributed by atoms with Crippen molar-refractivity contribution in [2.75, 3.05) is 13.1 Å². The van der Waals surface area contributed by atoms with Crippen LogP contribution in [-0.4, -0.2) is 35.0 Å². The first kappa shape index (κ1) is 13.7. The molecule has 17 heavy (non-hydrogen) atoms. The first-order valence-electron chi connectivity index (χ1n) is 5.23. The van der Waals surface area contributed by atoms with Crippen molar-refractivity contribution in [2.45, 2.75) is 13.8 Å². The molecule has 5 heteroatoms. The molecule has 1 aromatic rings. The SMILES string of the molecule is CCN(CC(=O)O)C(=O)c1ccc(C)cc1Br. The van der Waals surface area contributed by atoms with Gasteiger partial charge in [0.25, 0.3) is 5.91 Å². The molecule has 4 nitrogen and oxygen atoms in total. The number of hydrogen-bond acceptors (Lipinski definition) is 2. The van der Waals surface area contributed by atoms with E-state index in [2.05, 4.69) is 15.9 Å². The fourth-order valence-corrected chi connectivity index (χ4v) is 2.12. The van der Waals surface area contributed by atoms with Crippen LogP contribution in [0.15, 0.2) is 22.7 Å². The van der Waals surface area contributed by atoms with E-state index in [1.54, 1.807) is 13.0 Å². The van der Waals surface area contributed by atoms with Crippen molar-refractivity contribution in [3.63, 3.8) is 0 Å². The number of benzene rings is 1. The van der Waals surface area contributed by atoms with E-state index < -0.39 is 5.97 Å². The van der Waals surface area contributed by atoms with Gasteiger partial charge in [0, 0.05) is 11.0 Å². The molecule has 0 aromatic heterocycles. The third kappa shape index (κ3) is 3.56. The molecule has 0 saturated carbocycles. The number of carboxylic acids is 1. The van der Waals surface area contributed by atoms with Gasteiger partial charge in [-0.2, -0.15) is 0 Å². The van der Waals surface area contributed by atoms with Gasteiger partial charge < -0.3 is 10.0 Å². The number of nitrogens with zero attached hydrogens (tertiary/aromatic N) is 1. The number of carbonyl (C=O) groups is 2. The maximum absolute atomic E-state index is 12.1. The highest BCUT2D eigenvalue weighted by atomic mass is 79.9. The van der Waals surface area contributed by atoms with E-state index in [4.69, 9.17) is 5.11 Å². The van der Waals surface area contributed by atoms with Crippen LogP contribution in [0.5, 0.6) is 0 Å². The molecule has 0 radical (unpaired) electrons. The van der Waals surface area contributed by atoms with Gasteiger partial charge >= 0.3 is 5.97 Å². The Morgan fingerprint density at radius 2 is 2.06 bits per heavy atom. The van der Waals surface area contributed by atoms with Crippen molar-refractivity contribution in [3.05, 3.63) is 33.8 Å². The number of aryl methyl sites for hydroxylation is 1. The van der Waals surface area contributed by atoms with E-state index >= 15 is 0 Å². The van der Waals surface area contributed by atoms with E-state index in [0.29, 0.717) is 16.6 Å². The van der Waals surface area contributed by atoms with Gasteiger partial charge in [-0.1, -0.05) is 6.07 Å². The van der Waals surface area contributed by atoms with Crippen molar-refractivity contribution >= 4 is 27.8 Å². The van der Waals surface area contributed by atoms with Gasteiger partial charge in [0.2, 0.25) is 0 Å². The van der Waals surface area contributed by atoms with Gasteiger partial charge in [-0.05, 0) is 47.5 Å². The van der Waals surface area contributed by atoms with Crippen LogP contribution in [0.4, 0.5) is 0 Å². The second kappa shape index (κ2) is 5.82. The van der Waals surface area contributed by atoms with E-state index in [1.807, 2.05) is 19.1 Å². The predicted octanol–water partition coefficient (Wildman–Crippen LogP) is 2.30. The lowest BCUT2D eigenvalue weighted by molar-refractivity contribution is -0.137. The molecule has 0 spiro atoms. The third-order valence-corrected chi connectivity index (χ3v) is 3.01. The summed E-state index contributed by atoms with van der Waals surface area (Å²) in [6.45, 7) is 3.76. The molecule has 92 valence electrons. The molecule has 0 heterocycles. The minimum absolute atomic E-state index is 0.276. The topological polar surface area (TPSA) is 57.6 Å². The minimum atomic E-state index is -1.01. The number of hydrogen-bond donors (Lipinski definition) is 1. The summed E-state index contributed by atoms with van der Waals surface area (Å²) in [7, 11) is 0. The second-order valence-electron chi connectivity index (χ2n) is 3.70. The van der Waals surface area contributed by atoms with Gasteiger partial charge in [0.05, 0.1) is 5.56 Å². The molecule has 0 saturated heterocycles. The molecule has 0 bridgehead atoms. The Morgan fingerprint density at radius 1 is 1.41 bits per heavy atom. The molecule has 1 N–H and O–H groups in total. The molecule has 0 aliphatic rings. The molecule has 0 aliphatic heterocycles. The average molecular weight is 300 g/mol. The molecular weight excluding hydrogens is 286 g/mol. The number of rotatable bonds is 4. The van der Waals surface area contributed by atoms with Crippen LogP contribution in [0.25, 0.3) is 0 Å². The lowest BCUT2D eigenvalue weighted by Gasteiger charge is -2.19. The molecule has 1 aromatic carbocycles. The highest BCUT2D eigenvalue weighted by molar-refractivity contribution is 9.10. The first-order valence-corrected chi connectivity index (χ1v) is 6.02. The van der Waals surface area contributed by atoms with Gasteiger partial charge in [0.15, 0.2) is 0 Å². The van der Waals surface area contributed by atoms with Gasteiger partial charge in [-0.3, -0.25) is 9.59 Å². The summed E-state index contributed by atoms with van der Waals surface area (Å²) < 4.78 is 0.686. The average Bonchev–Trinajstić information content (AvgIpc) is 2.24. The number of carboxylic acid groups (broad SMARTS) is 1. The van der Waals surface area contributed by atoms with Crippen LogP contribution in [0.1, 0.15) is 22.8 Å². The summed E-state index contributed by atoms with van der Waals surface area (Å²) in [5.41, 5.74) is 1.52. The van der Waals surface area contributed by atoms with Crippen LogP contribution in [0.2, 0.25) is 0 Å². The lowest BCUT2D eigenvalue weighted by atomic mass is 10.1. The zero-order chi connectivity index (χ0) is 13.0. The van der Waals surface area contributed by atoms with Crippen molar-refractivity contribution in [2.24, 2.45) is 0 Å².